The molecule has 0 bridgehead atoms. The third-order valence-corrected chi connectivity index (χ3v) is 6.26. The fourth-order valence-electron chi connectivity index (χ4n) is 4.43. The van der Waals surface area contributed by atoms with Gasteiger partial charge in [-0.15, -0.1) is 0 Å². The normalized spacial score (nSPS) is 11.4. The molecule has 0 unspecified atom stereocenters. The summed E-state index contributed by atoms with van der Waals surface area (Å²) in [7, 11) is 0. The molecule has 0 N–H and O–H groups in total. The number of nitro benzene ring substituents is 1. The second kappa shape index (κ2) is 10.4. The van der Waals surface area contributed by atoms with Gasteiger partial charge in [0.1, 0.15) is 12.4 Å². The van der Waals surface area contributed by atoms with Crippen LogP contribution in [0.15, 0.2) is 97.2 Å². The highest BCUT2D eigenvalue weighted by Crippen LogP contribution is 2.42. The van der Waals surface area contributed by atoms with Gasteiger partial charge < -0.3 is 4.74 Å². The molecule has 0 aliphatic rings. The van der Waals surface area contributed by atoms with Crippen LogP contribution in [-0.2, 0) is 12.8 Å². The number of pyridine rings is 1. The van der Waals surface area contributed by atoms with E-state index in [0.29, 0.717) is 45.4 Å². The van der Waals surface area contributed by atoms with Crippen LogP contribution < -0.4 is 4.74 Å². The third-order valence-electron chi connectivity index (χ3n) is 6.26. The first-order chi connectivity index (χ1) is 18.8. The molecule has 5 rings (SSSR count). The molecule has 5 aromatic rings. The molecule has 0 fully saturated rings. The first kappa shape index (κ1) is 25.6. The van der Waals surface area contributed by atoms with Crippen molar-refractivity contribution in [3.05, 3.63) is 124 Å². The van der Waals surface area contributed by atoms with Gasteiger partial charge in [0.15, 0.2) is 6.29 Å². The highest BCUT2D eigenvalue weighted by atomic mass is 19.4. The van der Waals surface area contributed by atoms with Crippen molar-refractivity contribution >= 4 is 22.9 Å². The smallest absolute Gasteiger partial charge is 0.418 e. The number of halogens is 3. The number of nitrogens with zero attached hydrogens (tertiary/aromatic N) is 2. The average molecular weight is 528 g/mol. The van der Waals surface area contributed by atoms with Crippen LogP contribution in [0.4, 0.5) is 18.9 Å². The number of rotatable bonds is 7. The predicted octanol–water partition coefficient (Wildman–Crippen LogP) is 7.89. The Bertz CT molecular complexity index is 1700. The summed E-state index contributed by atoms with van der Waals surface area (Å²) in [6.07, 6.45) is -2.56. The number of aldehydes is 1. The molecule has 6 nitrogen and oxygen atoms in total. The summed E-state index contributed by atoms with van der Waals surface area (Å²) < 4.78 is 47.4. The lowest BCUT2D eigenvalue weighted by atomic mass is 9.90. The summed E-state index contributed by atoms with van der Waals surface area (Å²) in [5.41, 5.74) is 2.05. The minimum absolute atomic E-state index is 0.0355. The molecular weight excluding hydrogens is 509 g/mol. The summed E-state index contributed by atoms with van der Waals surface area (Å²) in [5, 5.41) is 11.2. The van der Waals surface area contributed by atoms with Gasteiger partial charge in [0.25, 0.3) is 5.69 Å². The Morgan fingerprint density at radius 3 is 2.36 bits per heavy atom. The monoisotopic (exact) mass is 528 g/mol. The largest absolute Gasteiger partial charge is 0.489 e. The van der Waals surface area contributed by atoms with Gasteiger partial charge in [-0.3, -0.25) is 19.9 Å². The minimum atomic E-state index is -4.61. The van der Waals surface area contributed by atoms with Gasteiger partial charge in [-0.05, 0) is 47.0 Å². The molecule has 1 heterocycles. The Morgan fingerprint density at radius 1 is 0.897 bits per heavy atom. The fraction of sp³-hybridized carbons (Fsp3) is 0.0667. The number of benzene rings is 4. The van der Waals surface area contributed by atoms with E-state index in [-0.39, 0.29) is 23.2 Å². The lowest BCUT2D eigenvalue weighted by molar-refractivity contribution is -0.384. The first-order valence-electron chi connectivity index (χ1n) is 11.8. The summed E-state index contributed by atoms with van der Waals surface area (Å²) in [4.78, 5) is 26.4. The van der Waals surface area contributed by atoms with Crippen LogP contribution in [0.2, 0.25) is 0 Å². The second-order valence-electron chi connectivity index (χ2n) is 8.69. The van der Waals surface area contributed by atoms with Crippen molar-refractivity contribution in [2.24, 2.45) is 0 Å². The number of ether oxygens (including phenoxy) is 1. The van der Waals surface area contributed by atoms with Crippen LogP contribution in [0.3, 0.4) is 0 Å². The minimum Gasteiger partial charge on any atom is -0.489 e. The van der Waals surface area contributed by atoms with Crippen molar-refractivity contribution in [2.75, 3.05) is 0 Å². The molecule has 0 aliphatic carbocycles. The highest BCUT2D eigenvalue weighted by molar-refractivity contribution is 6.05. The summed E-state index contributed by atoms with van der Waals surface area (Å²) >= 11 is 0. The molecule has 4 aromatic carbocycles. The maximum absolute atomic E-state index is 13.8. The molecule has 39 heavy (non-hydrogen) atoms. The Morgan fingerprint density at radius 2 is 1.64 bits per heavy atom. The van der Waals surface area contributed by atoms with Crippen LogP contribution >= 0.6 is 0 Å². The van der Waals surface area contributed by atoms with Crippen LogP contribution in [0, 0.1) is 10.1 Å². The van der Waals surface area contributed by atoms with Crippen molar-refractivity contribution in [1.29, 1.82) is 0 Å². The van der Waals surface area contributed by atoms with Gasteiger partial charge in [0.2, 0.25) is 0 Å². The van der Waals surface area contributed by atoms with E-state index in [1.807, 2.05) is 0 Å². The molecule has 0 saturated heterocycles. The predicted molar refractivity (Wildman–Crippen MR) is 140 cm³/mol. The molecule has 0 atom stereocenters. The number of non-ortho nitro benzene ring substituents is 1. The molecule has 194 valence electrons. The number of hydrogen-bond donors (Lipinski definition) is 0. The van der Waals surface area contributed by atoms with Crippen LogP contribution in [0.25, 0.3) is 33.2 Å². The number of carbonyl (C=O) groups is 1. The summed E-state index contributed by atoms with van der Waals surface area (Å²) in [6, 6.07) is 23.5. The Labute approximate surface area is 220 Å². The number of fused-ring (bicyclic) bond motifs is 1. The van der Waals surface area contributed by atoms with Crippen molar-refractivity contribution in [3.63, 3.8) is 0 Å². The van der Waals surface area contributed by atoms with E-state index < -0.39 is 16.7 Å². The lowest BCUT2D eigenvalue weighted by Crippen LogP contribution is -2.07. The van der Waals surface area contributed by atoms with Gasteiger partial charge in [-0.1, -0.05) is 48.5 Å². The maximum Gasteiger partial charge on any atom is 0.418 e. The zero-order chi connectivity index (χ0) is 27.6. The van der Waals surface area contributed by atoms with Crippen LogP contribution in [0.5, 0.6) is 5.75 Å². The van der Waals surface area contributed by atoms with E-state index in [9.17, 15) is 28.1 Å². The number of alkyl halides is 3. The van der Waals surface area contributed by atoms with Crippen molar-refractivity contribution < 1.29 is 27.6 Å². The third kappa shape index (κ3) is 5.19. The highest BCUT2D eigenvalue weighted by Gasteiger charge is 2.34. The standard InChI is InChI=1S/C30H19F3N2O4/c31-30(32,33)27-10-4-9-25-28(26(16-34-29(25)27)24-8-2-1-5-21(24)17-36)20-6-3-7-23(15-20)39-18-19-11-13-22(14-12-19)35(37)38/h1-17H,18H2. The maximum atomic E-state index is 13.8. The van der Waals surface area contributed by atoms with E-state index in [0.717, 1.165) is 6.07 Å². The fourth-order valence-corrected chi connectivity index (χ4v) is 4.43. The zero-order valence-electron chi connectivity index (χ0n) is 20.2. The number of aromatic nitrogens is 1. The molecule has 9 heteroatoms. The molecule has 0 spiro atoms. The van der Waals surface area contributed by atoms with Gasteiger partial charge >= 0.3 is 6.18 Å². The van der Waals surface area contributed by atoms with Crippen LogP contribution in [-0.4, -0.2) is 16.2 Å². The Balaban J connectivity index is 1.63. The van der Waals surface area contributed by atoms with Gasteiger partial charge in [-0.2, -0.15) is 13.2 Å². The number of nitro groups is 1. The van der Waals surface area contributed by atoms with E-state index >= 15 is 0 Å². The summed E-state index contributed by atoms with van der Waals surface area (Å²) in [6.45, 7) is 0.123. The van der Waals surface area contributed by atoms with Gasteiger partial charge in [0, 0.05) is 40.4 Å². The number of hydrogen-bond acceptors (Lipinski definition) is 5. The van der Waals surface area contributed by atoms with E-state index in [1.54, 1.807) is 66.7 Å². The first-order valence-corrected chi connectivity index (χ1v) is 11.8. The van der Waals surface area contributed by atoms with Crippen molar-refractivity contribution in [1.82, 2.24) is 4.98 Å². The van der Waals surface area contributed by atoms with E-state index in [4.69, 9.17) is 4.74 Å². The van der Waals surface area contributed by atoms with Gasteiger partial charge in [-0.25, -0.2) is 0 Å². The molecule has 0 amide bonds. The van der Waals surface area contributed by atoms with E-state index in [2.05, 4.69) is 4.98 Å². The lowest BCUT2D eigenvalue weighted by Gasteiger charge is -2.18. The molecule has 1 aromatic heterocycles. The Hall–Kier alpha value is -5.05. The quantitative estimate of drug-likeness (QED) is 0.122. The SMILES string of the molecule is O=Cc1ccccc1-c1cnc2c(C(F)(F)F)cccc2c1-c1cccc(OCc2ccc([N+](=O)[O-])cc2)c1. The van der Waals surface area contributed by atoms with Crippen LogP contribution in [0.1, 0.15) is 21.5 Å². The average Bonchev–Trinajstić information content (AvgIpc) is 2.95. The topological polar surface area (TPSA) is 82.3 Å². The number of carbonyl (C=O) groups excluding carboxylic acids is 1. The second-order valence-corrected chi connectivity index (χ2v) is 8.69. The molecule has 0 aliphatic heterocycles. The van der Waals surface area contributed by atoms with Crippen molar-refractivity contribution in [2.45, 2.75) is 12.8 Å². The van der Waals surface area contributed by atoms with Gasteiger partial charge in [0.05, 0.1) is 16.0 Å². The van der Waals surface area contributed by atoms with E-state index in [1.165, 1.54) is 24.4 Å². The number of para-hydroxylation sites is 1. The zero-order valence-corrected chi connectivity index (χ0v) is 20.2. The molecule has 0 radical (unpaired) electrons. The summed E-state index contributed by atoms with van der Waals surface area (Å²) in [5.74, 6) is 0.442. The molecule has 0 saturated carbocycles. The molecular formula is C30H19F3N2O4. The Kier molecular flexibility index (Phi) is 6.81. The van der Waals surface area contributed by atoms with Crippen molar-refractivity contribution in [3.8, 4) is 28.0 Å².